The topological polar surface area (TPSA) is 117 Å². The van der Waals surface area contributed by atoms with E-state index in [1.54, 1.807) is 19.1 Å². The van der Waals surface area contributed by atoms with Crippen LogP contribution in [-0.2, 0) is 9.59 Å². The second kappa shape index (κ2) is 10.3. The molecule has 2 aliphatic heterocycles. The summed E-state index contributed by atoms with van der Waals surface area (Å²) in [7, 11) is 4.79. The number of Topliss-reactive ketones (excluding diaryl/α,β-unsaturated/α-hetero) is 1. The molecule has 10 heteroatoms. The van der Waals surface area contributed by atoms with E-state index in [-0.39, 0.29) is 40.8 Å². The van der Waals surface area contributed by atoms with Crippen LogP contribution in [0.25, 0.3) is 0 Å². The van der Waals surface area contributed by atoms with Crippen LogP contribution in [0.5, 0.6) is 11.5 Å². The van der Waals surface area contributed by atoms with E-state index >= 15 is 0 Å². The minimum absolute atomic E-state index is 0.0134. The fourth-order valence-electron chi connectivity index (χ4n) is 4.97. The van der Waals surface area contributed by atoms with Gasteiger partial charge in [0.15, 0.2) is 17.3 Å². The molecule has 0 aromatic heterocycles. The number of carbonyl (C=O) groups excluding carboxylic acids is 2. The first kappa shape index (κ1) is 26.0. The highest BCUT2D eigenvalue weighted by Crippen LogP contribution is 2.47. The van der Waals surface area contributed by atoms with Crippen molar-refractivity contribution >= 4 is 29.3 Å². The Morgan fingerprint density at radius 3 is 2.50 bits per heavy atom. The molecule has 4 atom stereocenters. The largest absolute Gasteiger partial charge is 0.493 e. The van der Waals surface area contributed by atoms with Gasteiger partial charge in [-0.2, -0.15) is 0 Å². The maximum atomic E-state index is 12.7. The second-order valence-corrected chi connectivity index (χ2v) is 9.24. The standard InChI is InChI=1S/C24H31ClN2O7/c1-12-15(21(24(31)32)27-20(12)18(13(2)28)23(27)30)11-26(3)10-6-7-16(29)14-8-9-17(33-4)22(34-5)19(14)25/h8-9,12-13,18,20,28H,6-7,10-11H2,1-5H3,(H,31,32)/t12-,13+,18+,20+/m0/s1. The van der Waals surface area contributed by atoms with Gasteiger partial charge in [0, 0.05) is 24.4 Å². The molecule has 2 heterocycles. The molecule has 186 valence electrons. The van der Waals surface area contributed by atoms with Gasteiger partial charge in [-0.3, -0.25) is 9.59 Å². The zero-order valence-electron chi connectivity index (χ0n) is 20.0. The monoisotopic (exact) mass is 494 g/mol. The lowest BCUT2D eigenvalue weighted by Gasteiger charge is -2.46. The van der Waals surface area contributed by atoms with E-state index in [0.717, 1.165) is 0 Å². The SMILES string of the molecule is COc1ccc(C(=O)CCCN(C)CC2=C(C(=O)O)N3C(=O)[C@H]([C@@H](C)O)[C@H]3[C@H]2C)c(Cl)c1OC. The van der Waals surface area contributed by atoms with Crippen molar-refractivity contribution in [1.82, 2.24) is 9.80 Å². The number of ketones is 1. The Hall–Kier alpha value is -2.62. The smallest absolute Gasteiger partial charge is 0.352 e. The molecule has 2 aliphatic rings. The molecule has 1 aromatic rings. The Bertz CT molecular complexity index is 1020. The highest BCUT2D eigenvalue weighted by atomic mass is 35.5. The molecule has 0 saturated carbocycles. The molecule has 1 amide bonds. The molecule has 0 aliphatic carbocycles. The molecule has 1 aromatic carbocycles. The van der Waals surface area contributed by atoms with E-state index in [0.29, 0.717) is 42.1 Å². The summed E-state index contributed by atoms with van der Waals surface area (Å²) >= 11 is 6.34. The summed E-state index contributed by atoms with van der Waals surface area (Å²) < 4.78 is 10.4. The van der Waals surface area contributed by atoms with Crippen LogP contribution in [0.3, 0.4) is 0 Å². The average molecular weight is 495 g/mol. The van der Waals surface area contributed by atoms with Crippen molar-refractivity contribution in [2.24, 2.45) is 11.8 Å². The number of ether oxygens (including phenoxy) is 2. The molecule has 1 fully saturated rings. The van der Waals surface area contributed by atoms with E-state index in [1.807, 2.05) is 18.9 Å². The highest BCUT2D eigenvalue weighted by Gasteiger charge is 2.59. The molecular weight excluding hydrogens is 464 g/mol. The Morgan fingerprint density at radius 1 is 1.26 bits per heavy atom. The number of hydrogen-bond donors (Lipinski definition) is 2. The van der Waals surface area contributed by atoms with Gasteiger partial charge in [-0.1, -0.05) is 18.5 Å². The summed E-state index contributed by atoms with van der Waals surface area (Å²) in [5.41, 5.74) is 1.03. The maximum absolute atomic E-state index is 12.7. The minimum atomic E-state index is -1.14. The third kappa shape index (κ3) is 4.52. The fraction of sp³-hybridized carbons (Fsp3) is 0.542. The third-order valence-corrected chi connectivity index (χ3v) is 7.06. The van der Waals surface area contributed by atoms with Crippen LogP contribution in [0, 0.1) is 11.8 Å². The summed E-state index contributed by atoms with van der Waals surface area (Å²) in [6.45, 7) is 4.33. The lowest BCUT2D eigenvalue weighted by Crippen LogP contribution is -2.63. The number of carboxylic acids is 1. The van der Waals surface area contributed by atoms with Crippen LogP contribution in [0.4, 0.5) is 0 Å². The predicted molar refractivity (Wildman–Crippen MR) is 125 cm³/mol. The maximum Gasteiger partial charge on any atom is 0.352 e. The summed E-state index contributed by atoms with van der Waals surface area (Å²) in [5, 5.41) is 19.9. The normalized spacial score (nSPS) is 22.5. The Labute approximate surface area is 203 Å². The Balaban J connectivity index is 1.63. The number of carboxylic acid groups (broad SMARTS) is 1. The molecule has 3 rings (SSSR count). The number of benzene rings is 1. The predicted octanol–water partition coefficient (Wildman–Crippen LogP) is 2.45. The first-order valence-corrected chi connectivity index (χ1v) is 11.5. The molecule has 0 bridgehead atoms. The van der Waals surface area contributed by atoms with E-state index < -0.39 is 18.0 Å². The van der Waals surface area contributed by atoms with Gasteiger partial charge in [-0.25, -0.2) is 4.79 Å². The lowest BCUT2D eigenvalue weighted by molar-refractivity contribution is -0.163. The van der Waals surface area contributed by atoms with Crippen molar-refractivity contribution in [3.8, 4) is 11.5 Å². The number of likely N-dealkylation sites (N-methyl/N-ethyl adjacent to an activating group) is 1. The van der Waals surface area contributed by atoms with Gasteiger partial charge in [0.1, 0.15) is 5.70 Å². The first-order chi connectivity index (χ1) is 16.0. The van der Waals surface area contributed by atoms with Gasteiger partial charge in [0.05, 0.1) is 37.3 Å². The second-order valence-electron chi connectivity index (χ2n) is 8.86. The van der Waals surface area contributed by atoms with E-state index in [4.69, 9.17) is 21.1 Å². The number of fused-ring (bicyclic) bond motifs is 1. The highest BCUT2D eigenvalue weighted by molar-refractivity contribution is 6.35. The number of hydrogen-bond acceptors (Lipinski definition) is 7. The number of nitrogens with zero attached hydrogens (tertiary/aromatic N) is 2. The van der Waals surface area contributed by atoms with Crippen LogP contribution < -0.4 is 9.47 Å². The van der Waals surface area contributed by atoms with Gasteiger partial charge >= 0.3 is 5.97 Å². The molecule has 9 nitrogen and oxygen atoms in total. The van der Waals surface area contributed by atoms with E-state index in [9.17, 15) is 24.6 Å². The van der Waals surface area contributed by atoms with Gasteiger partial charge in [0.25, 0.3) is 0 Å². The summed E-state index contributed by atoms with van der Waals surface area (Å²) in [4.78, 5) is 40.4. The number of amides is 1. The van der Waals surface area contributed by atoms with Crippen LogP contribution >= 0.6 is 11.6 Å². The molecular formula is C24H31ClN2O7. The molecule has 0 radical (unpaired) electrons. The number of aliphatic hydroxyl groups excluding tert-OH is 1. The van der Waals surface area contributed by atoms with Gasteiger partial charge in [-0.05, 0) is 44.6 Å². The molecule has 0 spiro atoms. The number of aliphatic carboxylic acids is 1. The van der Waals surface area contributed by atoms with Crippen molar-refractivity contribution in [2.75, 3.05) is 34.4 Å². The van der Waals surface area contributed by atoms with Crippen molar-refractivity contribution in [3.63, 3.8) is 0 Å². The van der Waals surface area contributed by atoms with Gasteiger partial charge in [0.2, 0.25) is 5.91 Å². The zero-order valence-corrected chi connectivity index (χ0v) is 20.8. The Morgan fingerprint density at radius 2 is 1.94 bits per heavy atom. The summed E-state index contributed by atoms with van der Waals surface area (Å²) in [6, 6.07) is 2.91. The molecule has 34 heavy (non-hydrogen) atoms. The van der Waals surface area contributed by atoms with Crippen molar-refractivity contribution in [3.05, 3.63) is 34.0 Å². The van der Waals surface area contributed by atoms with Crippen molar-refractivity contribution < 1.29 is 34.1 Å². The Kier molecular flexibility index (Phi) is 7.90. The van der Waals surface area contributed by atoms with Crippen LogP contribution in [0.2, 0.25) is 5.02 Å². The van der Waals surface area contributed by atoms with E-state index in [2.05, 4.69) is 0 Å². The molecule has 0 unspecified atom stereocenters. The number of halogens is 1. The fourth-order valence-corrected chi connectivity index (χ4v) is 5.31. The van der Waals surface area contributed by atoms with Crippen molar-refractivity contribution in [1.29, 1.82) is 0 Å². The minimum Gasteiger partial charge on any atom is -0.493 e. The lowest BCUT2D eigenvalue weighted by atomic mass is 9.77. The molecule has 1 saturated heterocycles. The summed E-state index contributed by atoms with van der Waals surface area (Å²) in [5.74, 6) is -1.64. The zero-order chi connectivity index (χ0) is 25.3. The van der Waals surface area contributed by atoms with Gasteiger partial charge in [-0.15, -0.1) is 0 Å². The third-order valence-electron chi connectivity index (χ3n) is 6.69. The van der Waals surface area contributed by atoms with Crippen molar-refractivity contribution in [2.45, 2.75) is 38.8 Å². The average Bonchev–Trinajstić information content (AvgIpc) is 3.01. The number of aliphatic hydroxyl groups is 1. The van der Waals surface area contributed by atoms with Gasteiger partial charge < -0.3 is 29.5 Å². The van der Waals surface area contributed by atoms with Crippen LogP contribution in [0.15, 0.2) is 23.4 Å². The van der Waals surface area contributed by atoms with Crippen LogP contribution in [0.1, 0.15) is 37.0 Å². The van der Waals surface area contributed by atoms with E-state index in [1.165, 1.54) is 19.1 Å². The quantitative estimate of drug-likeness (QED) is 0.356. The summed E-state index contributed by atoms with van der Waals surface area (Å²) in [6.07, 6.45) is -0.0540. The number of carbonyl (C=O) groups is 3. The number of rotatable bonds is 11. The molecule has 2 N–H and O–H groups in total. The first-order valence-electron chi connectivity index (χ1n) is 11.1. The number of β-lactam (4-membered cyclic amide) rings is 1. The van der Waals surface area contributed by atoms with Crippen LogP contribution in [-0.4, -0.2) is 84.2 Å². The number of methoxy groups -OCH3 is 2.